The molecule has 0 amide bonds. The Morgan fingerprint density at radius 1 is 1.29 bits per heavy atom. The molecule has 0 bridgehead atoms. The number of hydrogen-bond donors (Lipinski definition) is 0. The van der Waals surface area contributed by atoms with Crippen molar-refractivity contribution in [1.82, 2.24) is 4.98 Å². The lowest BCUT2D eigenvalue weighted by Gasteiger charge is -2.11. The summed E-state index contributed by atoms with van der Waals surface area (Å²) in [6, 6.07) is 9.57. The normalized spacial score (nSPS) is 10.3. The molecule has 0 radical (unpaired) electrons. The van der Waals surface area contributed by atoms with Crippen LogP contribution in [-0.2, 0) is 6.42 Å². The van der Waals surface area contributed by atoms with E-state index in [4.69, 9.17) is 16.3 Å². The average molecular weight is 313 g/mol. The average Bonchev–Trinajstić information content (AvgIpc) is 2.36. The third kappa shape index (κ3) is 2.79. The van der Waals surface area contributed by atoms with E-state index in [0.29, 0.717) is 10.9 Å². The van der Waals surface area contributed by atoms with Crippen molar-refractivity contribution in [1.29, 1.82) is 0 Å². The molecular formula is C13H11BrClNO. The molecule has 0 atom stereocenters. The Kier molecular flexibility index (Phi) is 4.02. The SMILES string of the molecule is CCc1c(Oc2ccccc2)ncc(Cl)c1Br. The summed E-state index contributed by atoms with van der Waals surface area (Å²) >= 11 is 9.46. The highest BCUT2D eigenvalue weighted by Crippen LogP contribution is 2.33. The third-order valence-corrected chi connectivity index (χ3v) is 3.76. The van der Waals surface area contributed by atoms with Crippen molar-refractivity contribution in [2.24, 2.45) is 0 Å². The number of halogens is 2. The molecule has 1 heterocycles. The highest BCUT2D eigenvalue weighted by Gasteiger charge is 2.12. The molecule has 0 N–H and O–H groups in total. The number of pyridine rings is 1. The summed E-state index contributed by atoms with van der Waals surface area (Å²) in [4.78, 5) is 4.22. The van der Waals surface area contributed by atoms with Crippen LogP contribution in [0.4, 0.5) is 0 Å². The minimum atomic E-state index is 0.593. The van der Waals surface area contributed by atoms with E-state index < -0.39 is 0 Å². The van der Waals surface area contributed by atoms with E-state index in [1.807, 2.05) is 37.3 Å². The molecule has 88 valence electrons. The number of nitrogens with zero attached hydrogens (tertiary/aromatic N) is 1. The van der Waals surface area contributed by atoms with Crippen LogP contribution in [0.1, 0.15) is 12.5 Å². The Bertz CT molecular complexity index is 516. The first-order chi connectivity index (χ1) is 8.22. The Balaban J connectivity index is 2.37. The van der Waals surface area contributed by atoms with Crippen LogP contribution >= 0.6 is 27.5 Å². The first-order valence-corrected chi connectivity index (χ1v) is 6.45. The summed E-state index contributed by atoms with van der Waals surface area (Å²) in [5.41, 5.74) is 0.973. The van der Waals surface area contributed by atoms with Gasteiger partial charge in [-0.1, -0.05) is 36.7 Å². The van der Waals surface area contributed by atoms with Gasteiger partial charge in [0.1, 0.15) is 5.75 Å². The number of ether oxygens (including phenoxy) is 1. The molecule has 2 aromatic rings. The van der Waals surface area contributed by atoms with Crippen LogP contribution in [0, 0.1) is 0 Å². The standard InChI is InChI=1S/C13H11BrClNO/c1-2-10-12(14)11(15)8-16-13(10)17-9-6-4-3-5-7-9/h3-8H,2H2,1H3. The minimum Gasteiger partial charge on any atom is -0.439 e. The lowest BCUT2D eigenvalue weighted by molar-refractivity contribution is 0.456. The number of hydrogen-bond acceptors (Lipinski definition) is 2. The second kappa shape index (κ2) is 5.52. The molecule has 0 fully saturated rings. The van der Waals surface area contributed by atoms with E-state index in [1.165, 1.54) is 0 Å². The molecule has 0 spiro atoms. The quantitative estimate of drug-likeness (QED) is 0.808. The second-order valence-electron chi connectivity index (χ2n) is 3.47. The zero-order valence-corrected chi connectivity index (χ0v) is 11.6. The zero-order valence-electron chi connectivity index (χ0n) is 9.28. The fourth-order valence-electron chi connectivity index (χ4n) is 1.48. The molecule has 0 unspecified atom stereocenters. The van der Waals surface area contributed by atoms with E-state index >= 15 is 0 Å². The van der Waals surface area contributed by atoms with Crippen LogP contribution in [-0.4, -0.2) is 4.98 Å². The number of aromatic nitrogens is 1. The van der Waals surface area contributed by atoms with E-state index in [0.717, 1.165) is 22.2 Å². The molecule has 0 aliphatic heterocycles. The Morgan fingerprint density at radius 3 is 2.65 bits per heavy atom. The molecule has 0 aliphatic carbocycles. The lowest BCUT2D eigenvalue weighted by atomic mass is 10.2. The molecule has 2 nitrogen and oxygen atoms in total. The van der Waals surface area contributed by atoms with Crippen LogP contribution in [0.25, 0.3) is 0 Å². The van der Waals surface area contributed by atoms with Gasteiger partial charge in [0.2, 0.25) is 5.88 Å². The van der Waals surface area contributed by atoms with Gasteiger partial charge in [-0.2, -0.15) is 0 Å². The Labute approximate surface area is 114 Å². The highest BCUT2D eigenvalue weighted by molar-refractivity contribution is 9.10. The topological polar surface area (TPSA) is 22.1 Å². The molecule has 0 aliphatic rings. The largest absolute Gasteiger partial charge is 0.439 e. The van der Waals surface area contributed by atoms with Crippen LogP contribution < -0.4 is 4.74 Å². The highest BCUT2D eigenvalue weighted by atomic mass is 79.9. The van der Waals surface area contributed by atoms with E-state index in [-0.39, 0.29) is 0 Å². The fourth-order valence-corrected chi connectivity index (χ4v) is 2.20. The number of benzene rings is 1. The van der Waals surface area contributed by atoms with Crippen LogP contribution in [0.5, 0.6) is 11.6 Å². The first-order valence-electron chi connectivity index (χ1n) is 5.28. The molecule has 2 rings (SSSR count). The van der Waals surface area contributed by atoms with Gasteiger partial charge in [-0.25, -0.2) is 4.98 Å². The van der Waals surface area contributed by atoms with E-state index in [1.54, 1.807) is 6.20 Å². The van der Waals surface area contributed by atoms with Gasteiger partial charge in [-0.3, -0.25) is 0 Å². The van der Waals surface area contributed by atoms with Gasteiger partial charge in [0.25, 0.3) is 0 Å². The van der Waals surface area contributed by atoms with Crippen molar-refractivity contribution in [3.63, 3.8) is 0 Å². The van der Waals surface area contributed by atoms with Gasteiger partial charge in [0, 0.05) is 10.0 Å². The van der Waals surface area contributed by atoms with Gasteiger partial charge in [-0.15, -0.1) is 0 Å². The van der Waals surface area contributed by atoms with Crippen molar-refractivity contribution in [3.05, 3.63) is 51.6 Å². The summed E-state index contributed by atoms with van der Waals surface area (Å²) in [6.07, 6.45) is 2.39. The van der Waals surface area contributed by atoms with Crippen molar-refractivity contribution in [2.45, 2.75) is 13.3 Å². The Hall–Kier alpha value is -1.06. The number of rotatable bonds is 3. The van der Waals surface area contributed by atoms with Crippen molar-refractivity contribution in [3.8, 4) is 11.6 Å². The predicted octanol–water partition coefficient (Wildman–Crippen LogP) is 4.85. The molecule has 1 aromatic heterocycles. The van der Waals surface area contributed by atoms with Crippen molar-refractivity contribution < 1.29 is 4.74 Å². The number of para-hydroxylation sites is 1. The second-order valence-corrected chi connectivity index (χ2v) is 4.67. The monoisotopic (exact) mass is 311 g/mol. The van der Waals surface area contributed by atoms with Gasteiger partial charge < -0.3 is 4.74 Å². The van der Waals surface area contributed by atoms with Gasteiger partial charge in [0.15, 0.2) is 0 Å². The maximum absolute atomic E-state index is 6.00. The third-order valence-electron chi connectivity index (χ3n) is 2.34. The van der Waals surface area contributed by atoms with Crippen LogP contribution in [0.15, 0.2) is 41.0 Å². The van der Waals surface area contributed by atoms with Gasteiger partial charge >= 0.3 is 0 Å². The molecule has 0 saturated heterocycles. The summed E-state index contributed by atoms with van der Waals surface area (Å²) < 4.78 is 6.59. The maximum atomic E-state index is 6.00. The zero-order chi connectivity index (χ0) is 12.3. The first kappa shape index (κ1) is 12.4. The van der Waals surface area contributed by atoms with Gasteiger partial charge in [-0.05, 0) is 34.5 Å². The van der Waals surface area contributed by atoms with Crippen LogP contribution in [0.3, 0.4) is 0 Å². The summed E-state index contributed by atoms with van der Waals surface area (Å²) in [5, 5.41) is 0.599. The van der Waals surface area contributed by atoms with Crippen LogP contribution in [0.2, 0.25) is 5.02 Å². The molecule has 0 saturated carbocycles. The van der Waals surface area contributed by atoms with Crippen molar-refractivity contribution in [2.75, 3.05) is 0 Å². The minimum absolute atomic E-state index is 0.593. The van der Waals surface area contributed by atoms with E-state index in [9.17, 15) is 0 Å². The molecule has 4 heteroatoms. The fraction of sp³-hybridized carbons (Fsp3) is 0.154. The summed E-state index contributed by atoms with van der Waals surface area (Å²) in [6.45, 7) is 2.04. The lowest BCUT2D eigenvalue weighted by Crippen LogP contribution is -1.95. The van der Waals surface area contributed by atoms with Crippen molar-refractivity contribution >= 4 is 27.5 Å². The maximum Gasteiger partial charge on any atom is 0.223 e. The molecule has 1 aromatic carbocycles. The predicted molar refractivity (Wildman–Crippen MR) is 72.8 cm³/mol. The van der Waals surface area contributed by atoms with E-state index in [2.05, 4.69) is 20.9 Å². The molecular weight excluding hydrogens is 302 g/mol. The smallest absolute Gasteiger partial charge is 0.223 e. The molecule has 17 heavy (non-hydrogen) atoms. The Morgan fingerprint density at radius 2 is 2.00 bits per heavy atom. The van der Waals surface area contributed by atoms with Gasteiger partial charge in [0.05, 0.1) is 11.2 Å². The summed E-state index contributed by atoms with van der Waals surface area (Å²) in [7, 11) is 0. The summed E-state index contributed by atoms with van der Waals surface area (Å²) in [5.74, 6) is 1.36.